The molecule has 25 heavy (non-hydrogen) atoms. The Bertz CT molecular complexity index is 765. The number of nitrogens with zero attached hydrogens (tertiary/aromatic N) is 2. The molecule has 3 nitrogen and oxygen atoms in total. The van der Waals surface area contributed by atoms with Gasteiger partial charge in [-0.2, -0.15) is 18.4 Å². The fourth-order valence-corrected chi connectivity index (χ4v) is 3.01. The second-order valence-electron chi connectivity index (χ2n) is 5.97. The van der Waals surface area contributed by atoms with Gasteiger partial charge in [0.1, 0.15) is 11.9 Å². The van der Waals surface area contributed by atoms with Gasteiger partial charge in [0.15, 0.2) is 0 Å². The van der Waals surface area contributed by atoms with Gasteiger partial charge in [-0.1, -0.05) is 24.3 Å². The summed E-state index contributed by atoms with van der Waals surface area (Å²) in [4.78, 5) is 1.99. The first-order valence-electron chi connectivity index (χ1n) is 7.98. The van der Waals surface area contributed by atoms with Gasteiger partial charge in [0.25, 0.3) is 0 Å². The van der Waals surface area contributed by atoms with Crippen molar-refractivity contribution >= 4 is 0 Å². The summed E-state index contributed by atoms with van der Waals surface area (Å²) in [6, 6.07) is 14.7. The Morgan fingerprint density at radius 3 is 2.52 bits per heavy atom. The fraction of sp³-hybridized carbons (Fsp3) is 0.316. The minimum atomic E-state index is -4.36. The molecule has 0 aromatic heterocycles. The summed E-state index contributed by atoms with van der Waals surface area (Å²) in [5.41, 5.74) is 1.45. The van der Waals surface area contributed by atoms with E-state index in [2.05, 4.69) is 6.07 Å². The molecule has 1 atom stereocenters. The summed E-state index contributed by atoms with van der Waals surface area (Å²) in [5.74, 6) is 0.381. The lowest BCUT2D eigenvalue weighted by Crippen LogP contribution is -2.30. The van der Waals surface area contributed by atoms with Crippen molar-refractivity contribution in [1.82, 2.24) is 4.90 Å². The van der Waals surface area contributed by atoms with E-state index in [-0.39, 0.29) is 6.10 Å². The molecule has 2 aromatic carbocycles. The van der Waals surface area contributed by atoms with Crippen molar-refractivity contribution in [1.29, 1.82) is 5.26 Å². The molecule has 0 spiro atoms. The third kappa shape index (κ3) is 4.12. The maximum Gasteiger partial charge on any atom is 0.416 e. The third-order valence-corrected chi connectivity index (χ3v) is 4.28. The van der Waals surface area contributed by atoms with Crippen LogP contribution in [-0.4, -0.2) is 24.5 Å². The molecule has 0 bridgehead atoms. The van der Waals surface area contributed by atoms with Gasteiger partial charge in [0.05, 0.1) is 18.2 Å². The molecule has 3 rings (SSSR count). The zero-order valence-corrected chi connectivity index (χ0v) is 13.5. The van der Waals surface area contributed by atoms with Crippen molar-refractivity contribution in [2.24, 2.45) is 0 Å². The molecule has 0 radical (unpaired) electrons. The van der Waals surface area contributed by atoms with Gasteiger partial charge in [-0.25, -0.2) is 0 Å². The normalized spacial score (nSPS) is 18.1. The summed E-state index contributed by atoms with van der Waals surface area (Å²) in [5, 5.41) is 8.97. The first-order valence-corrected chi connectivity index (χ1v) is 7.98. The van der Waals surface area contributed by atoms with Gasteiger partial charge in [-0.15, -0.1) is 0 Å². The van der Waals surface area contributed by atoms with Gasteiger partial charge < -0.3 is 4.74 Å². The van der Waals surface area contributed by atoms with Crippen LogP contribution < -0.4 is 4.74 Å². The minimum Gasteiger partial charge on any atom is -0.484 e. The number of alkyl halides is 3. The van der Waals surface area contributed by atoms with Crippen LogP contribution in [0.4, 0.5) is 13.2 Å². The highest BCUT2D eigenvalue weighted by Gasteiger charge is 2.30. The Hall–Kier alpha value is -2.52. The van der Waals surface area contributed by atoms with Crippen LogP contribution in [0.15, 0.2) is 48.5 Å². The molecule has 1 heterocycles. The Morgan fingerprint density at radius 2 is 1.84 bits per heavy atom. The van der Waals surface area contributed by atoms with Crippen LogP contribution in [0.5, 0.6) is 5.75 Å². The van der Waals surface area contributed by atoms with Gasteiger partial charge in [0, 0.05) is 13.1 Å². The minimum absolute atomic E-state index is 0.293. The molecule has 0 amide bonds. The molecule has 1 aliphatic heterocycles. The number of fused-ring (bicyclic) bond motifs is 1. The van der Waals surface area contributed by atoms with E-state index in [1.54, 1.807) is 0 Å². The SMILES string of the molecule is N#CCN1CCc2ccccc2C(Oc2ccc(C(F)(F)F)cc2)C1. The summed E-state index contributed by atoms with van der Waals surface area (Å²) < 4.78 is 44.0. The second kappa shape index (κ2) is 7.16. The topological polar surface area (TPSA) is 36.3 Å². The van der Waals surface area contributed by atoms with Crippen molar-refractivity contribution < 1.29 is 17.9 Å². The Morgan fingerprint density at radius 1 is 1.12 bits per heavy atom. The highest BCUT2D eigenvalue weighted by atomic mass is 19.4. The molecule has 1 unspecified atom stereocenters. The zero-order chi connectivity index (χ0) is 17.9. The Kier molecular flexibility index (Phi) is 4.95. The lowest BCUT2D eigenvalue weighted by molar-refractivity contribution is -0.137. The van der Waals surface area contributed by atoms with Gasteiger partial charge >= 0.3 is 6.18 Å². The number of hydrogen-bond acceptors (Lipinski definition) is 3. The number of hydrogen-bond donors (Lipinski definition) is 0. The predicted octanol–water partition coefficient (Wildman–Crippen LogP) is 4.21. The number of ether oxygens (including phenoxy) is 1. The molecule has 0 fully saturated rings. The molecule has 0 N–H and O–H groups in total. The van der Waals surface area contributed by atoms with Crippen LogP contribution in [0.2, 0.25) is 0 Å². The molecule has 2 aromatic rings. The lowest BCUT2D eigenvalue weighted by atomic mass is 10.0. The van der Waals surface area contributed by atoms with Crippen LogP contribution in [0.1, 0.15) is 22.8 Å². The van der Waals surface area contributed by atoms with Crippen molar-refractivity contribution in [3.05, 3.63) is 65.2 Å². The maximum atomic E-state index is 12.7. The lowest BCUT2D eigenvalue weighted by Gasteiger charge is -2.24. The van der Waals surface area contributed by atoms with E-state index in [4.69, 9.17) is 10.00 Å². The molecule has 0 saturated carbocycles. The van der Waals surface area contributed by atoms with Gasteiger partial charge in [0.2, 0.25) is 0 Å². The monoisotopic (exact) mass is 346 g/mol. The molecule has 0 saturated heterocycles. The maximum absolute atomic E-state index is 12.7. The molecular formula is C19H17F3N2O. The van der Waals surface area contributed by atoms with E-state index in [0.717, 1.165) is 36.2 Å². The highest BCUT2D eigenvalue weighted by molar-refractivity contribution is 5.34. The van der Waals surface area contributed by atoms with E-state index in [9.17, 15) is 13.2 Å². The van der Waals surface area contributed by atoms with Crippen LogP contribution in [0, 0.1) is 11.3 Å². The van der Waals surface area contributed by atoms with Crippen LogP contribution >= 0.6 is 0 Å². The highest BCUT2D eigenvalue weighted by Crippen LogP contribution is 2.32. The first kappa shape index (κ1) is 17.3. The third-order valence-electron chi connectivity index (χ3n) is 4.28. The van der Waals surface area contributed by atoms with E-state index in [1.807, 2.05) is 29.2 Å². The Balaban J connectivity index is 1.84. The standard InChI is InChI=1S/C19H17F3N2O/c20-19(21,22)15-5-7-16(8-6-15)25-18-13-24(12-10-23)11-9-14-3-1-2-4-17(14)18/h1-8,18H,9,11-13H2. The molecule has 1 aliphatic rings. The first-order chi connectivity index (χ1) is 12.0. The van der Waals surface area contributed by atoms with E-state index in [0.29, 0.717) is 18.8 Å². The summed E-state index contributed by atoms with van der Waals surface area (Å²) >= 11 is 0. The number of benzene rings is 2. The fourth-order valence-electron chi connectivity index (χ4n) is 3.01. The van der Waals surface area contributed by atoms with E-state index in [1.165, 1.54) is 12.1 Å². The molecule has 6 heteroatoms. The number of halogens is 3. The summed E-state index contributed by atoms with van der Waals surface area (Å²) in [6.45, 7) is 1.56. The average molecular weight is 346 g/mol. The van der Waals surface area contributed by atoms with Crippen LogP contribution in [0.25, 0.3) is 0 Å². The van der Waals surface area contributed by atoms with Gasteiger partial charge in [-0.05, 0) is 41.8 Å². The molecular weight excluding hydrogens is 329 g/mol. The van der Waals surface area contributed by atoms with Crippen LogP contribution in [0.3, 0.4) is 0 Å². The summed E-state index contributed by atoms with van der Waals surface area (Å²) in [6.07, 6.45) is -3.88. The number of rotatable bonds is 3. The smallest absolute Gasteiger partial charge is 0.416 e. The van der Waals surface area contributed by atoms with E-state index >= 15 is 0 Å². The average Bonchev–Trinajstić information content (AvgIpc) is 2.75. The second-order valence-corrected chi connectivity index (χ2v) is 5.97. The molecule has 130 valence electrons. The van der Waals surface area contributed by atoms with Crippen molar-refractivity contribution in [3.63, 3.8) is 0 Å². The van der Waals surface area contributed by atoms with Crippen LogP contribution in [-0.2, 0) is 12.6 Å². The molecule has 0 aliphatic carbocycles. The predicted molar refractivity (Wildman–Crippen MR) is 87.0 cm³/mol. The number of nitriles is 1. The zero-order valence-electron chi connectivity index (χ0n) is 13.5. The van der Waals surface area contributed by atoms with Crippen molar-refractivity contribution in [2.75, 3.05) is 19.6 Å². The quantitative estimate of drug-likeness (QED) is 0.781. The van der Waals surface area contributed by atoms with E-state index < -0.39 is 11.7 Å². The summed E-state index contributed by atoms with van der Waals surface area (Å²) in [7, 11) is 0. The van der Waals surface area contributed by atoms with Crippen molar-refractivity contribution in [3.8, 4) is 11.8 Å². The Labute approximate surface area is 144 Å². The van der Waals surface area contributed by atoms with Gasteiger partial charge in [-0.3, -0.25) is 4.90 Å². The largest absolute Gasteiger partial charge is 0.484 e. The van der Waals surface area contributed by atoms with Crippen molar-refractivity contribution in [2.45, 2.75) is 18.7 Å².